The number of rotatable bonds is 4. The van der Waals surface area contributed by atoms with E-state index < -0.39 is 8.32 Å². The number of allylic oxidation sites excluding steroid dienone is 4. The molecule has 0 amide bonds. The Labute approximate surface area is 187 Å². The van der Waals surface area contributed by atoms with Crippen LogP contribution in [0.5, 0.6) is 0 Å². The average molecular weight is 431 g/mol. The highest BCUT2D eigenvalue weighted by atomic mass is 28.4. The Hall–Kier alpha value is -0.643. The van der Waals surface area contributed by atoms with Crippen molar-refractivity contribution in [1.82, 2.24) is 0 Å². The first kappa shape index (κ1) is 24.0. The van der Waals surface area contributed by atoms with Crippen molar-refractivity contribution in [2.24, 2.45) is 17.3 Å². The molecule has 0 aliphatic heterocycles. The lowest BCUT2D eigenvalue weighted by atomic mass is 9.62. The van der Waals surface area contributed by atoms with E-state index in [1.165, 1.54) is 43.3 Å². The normalized spacial score (nSPS) is 36.9. The van der Waals surface area contributed by atoms with E-state index in [0.717, 1.165) is 19.3 Å². The molecule has 5 atom stereocenters. The van der Waals surface area contributed by atoms with Crippen LogP contribution in [0.25, 0.3) is 0 Å². The van der Waals surface area contributed by atoms with Crippen LogP contribution in [0.2, 0.25) is 18.1 Å². The second-order valence-electron chi connectivity index (χ2n) is 12.1. The van der Waals surface area contributed by atoms with Crippen LogP contribution in [-0.2, 0) is 4.43 Å². The molecule has 0 heterocycles. The van der Waals surface area contributed by atoms with Gasteiger partial charge < -0.3 is 9.53 Å². The van der Waals surface area contributed by atoms with E-state index in [2.05, 4.69) is 59.5 Å². The molecule has 3 rings (SSSR count). The smallest absolute Gasteiger partial charge is 0.192 e. The predicted octanol–water partition coefficient (Wildman–Crippen LogP) is 7.57. The van der Waals surface area contributed by atoms with Crippen LogP contribution in [0.15, 0.2) is 35.5 Å². The standard InChI is InChI=1S/C27H46O2Si/c1-19-11-14-23(29-30(7,8)26(3,4)5)18-22(19)13-12-21-10-9-17-27(6)24(20(2)28)15-16-25(21)27/h12-13,20,23-25,28H,1,9-11,14-18H2,2-8H3/b21-12+,22-13+/t20-,23-,24+,25?,27+/m0/s1. The largest absolute Gasteiger partial charge is 0.414 e. The van der Waals surface area contributed by atoms with Crippen LogP contribution in [-0.4, -0.2) is 25.6 Å². The van der Waals surface area contributed by atoms with Gasteiger partial charge in [0.05, 0.1) is 6.10 Å². The summed E-state index contributed by atoms with van der Waals surface area (Å²) in [6.07, 6.45) is 14.3. The zero-order valence-electron chi connectivity index (χ0n) is 20.7. The number of hydrogen-bond donors (Lipinski definition) is 1. The van der Waals surface area contributed by atoms with Gasteiger partial charge in [0.25, 0.3) is 0 Å². The molecule has 170 valence electrons. The predicted molar refractivity (Wildman–Crippen MR) is 131 cm³/mol. The minimum atomic E-state index is -1.74. The molecule has 0 bridgehead atoms. The van der Waals surface area contributed by atoms with Crippen molar-refractivity contribution in [2.45, 2.75) is 116 Å². The van der Waals surface area contributed by atoms with Gasteiger partial charge in [-0.25, -0.2) is 0 Å². The molecule has 0 aromatic rings. The van der Waals surface area contributed by atoms with Crippen LogP contribution in [0.4, 0.5) is 0 Å². The Kier molecular flexibility index (Phi) is 6.97. The van der Waals surface area contributed by atoms with Gasteiger partial charge in [-0.05, 0) is 99.2 Å². The van der Waals surface area contributed by atoms with E-state index in [9.17, 15) is 5.11 Å². The second kappa shape index (κ2) is 8.71. The number of fused-ring (bicyclic) bond motifs is 1. The molecule has 3 saturated carbocycles. The average Bonchev–Trinajstić information content (AvgIpc) is 2.98. The third kappa shape index (κ3) is 4.73. The molecule has 30 heavy (non-hydrogen) atoms. The van der Waals surface area contributed by atoms with Gasteiger partial charge in [0.15, 0.2) is 8.32 Å². The number of aliphatic hydroxyl groups is 1. The lowest BCUT2D eigenvalue weighted by Crippen LogP contribution is -2.44. The van der Waals surface area contributed by atoms with Crippen LogP contribution in [0.1, 0.15) is 86.0 Å². The van der Waals surface area contributed by atoms with Crippen LogP contribution in [0, 0.1) is 17.3 Å². The third-order valence-corrected chi connectivity index (χ3v) is 13.6. The van der Waals surface area contributed by atoms with E-state index >= 15 is 0 Å². The summed E-state index contributed by atoms with van der Waals surface area (Å²) in [6.45, 7) is 20.5. The van der Waals surface area contributed by atoms with Gasteiger partial charge in [0, 0.05) is 6.10 Å². The van der Waals surface area contributed by atoms with E-state index in [1.807, 2.05) is 6.92 Å². The lowest BCUT2D eigenvalue weighted by Gasteiger charge is -2.43. The van der Waals surface area contributed by atoms with Gasteiger partial charge in [0.1, 0.15) is 0 Å². The molecule has 1 N–H and O–H groups in total. The quantitative estimate of drug-likeness (QED) is 0.466. The summed E-state index contributed by atoms with van der Waals surface area (Å²) in [7, 11) is -1.74. The van der Waals surface area contributed by atoms with E-state index in [0.29, 0.717) is 17.9 Å². The first-order chi connectivity index (χ1) is 13.8. The minimum Gasteiger partial charge on any atom is -0.414 e. The first-order valence-electron chi connectivity index (χ1n) is 12.3. The summed E-state index contributed by atoms with van der Waals surface area (Å²) >= 11 is 0. The molecule has 3 heteroatoms. The van der Waals surface area contributed by atoms with Crippen molar-refractivity contribution in [2.75, 3.05) is 0 Å². The number of hydrogen-bond acceptors (Lipinski definition) is 2. The van der Waals surface area contributed by atoms with E-state index in [1.54, 1.807) is 5.57 Å². The van der Waals surface area contributed by atoms with Crippen molar-refractivity contribution in [1.29, 1.82) is 0 Å². The van der Waals surface area contributed by atoms with E-state index in [-0.39, 0.29) is 16.6 Å². The Morgan fingerprint density at radius 2 is 1.87 bits per heavy atom. The van der Waals surface area contributed by atoms with Gasteiger partial charge in [0.2, 0.25) is 0 Å². The Morgan fingerprint density at radius 3 is 2.50 bits per heavy atom. The van der Waals surface area contributed by atoms with Crippen molar-refractivity contribution in [3.63, 3.8) is 0 Å². The molecule has 0 aromatic carbocycles. The molecule has 3 aliphatic rings. The van der Waals surface area contributed by atoms with Gasteiger partial charge >= 0.3 is 0 Å². The summed E-state index contributed by atoms with van der Waals surface area (Å²) in [5.41, 5.74) is 4.58. The molecular formula is C27H46O2Si. The maximum Gasteiger partial charge on any atom is 0.192 e. The van der Waals surface area contributed by atoms with Gasteiger partial charge in [-0.15, -0.1) is 0 Å². The Balaban J connectivity index is 1.75. The molecule has 3 aliphatic carbocycles. The zero-order chi connectivity index (χ0) is 22.3. The second-order valence-corrected chi connectivity index (χ2v) is 16.9. The number of aliphatic hydroxyl groups excluding tert-OH is 1. The van der Waals surface area contributed by atoms with Crippen molar-refractivity contribution in [3.05, 3.63) is 35.5 Å². The molecule has 3 fully saturated rings. The Bertz CT molecular complexity index is 709. The molecule has 1 unspecified atom stereocenters. The SMILES string of the molecule is C=C1CC[C@H](O[Si](C)(C)C(C)(C)C)C/C1=C\C=C1/CCC[C@@]2(C)C1CC[C@@H]2[C@H](C)O. The van der Waals surface area contributed by atoms with Crippen LogP contribution in [0.3, 0.4) is 0 Å². The first-order valence-corrected chi connectivity index (χ1v) is 15.2. The molecular weight excluding hydrogens is 384 g/mol. The summed E-state index contributed by atoms with van der Waals surface area (Å²) in [5.74, 6) is 1.09. The highest BCUT2D eigenvalue weighted by molar-refractivity contribution is 6.74. The monoisotopic (exact) mass is 430 g/mol. The molecule has 2 nitrogen and oxygen atoms in total. The summed E-state index contributed by atoms with van der Waals surface area (Å²) in [5, 5.41) is 10.6. The molecule has 0 saturated heterocycles. The maximum atomic E-state index is 10.3. The fraction of sp³-hybridized carbons (Fsp3) is 0.778. The van der Waals surface area contributed by atoms with Crippen LogP contribution < -0.4 is 0 Å². The highest BCUT2D eigenvalue weighted by Gasteiger charge is 2.50. The Morgan fingerprint density at radius 1 is 1.17 bits per heavy atom. The summed E-state index contributed by atoms with van der Waals surface area (Å²) < 4.78 is 6.75. The lowest BCUT2D eigenvalue weighted by molar-refractivity contribution is 0.0302. The fourth-order valence-corrected chi connectivity index (χ4v) is 7.54. The molecule has 0 radical (unpaired) electrons. The fourth-order valence-electron chi connectivity index (χ4n) is 6.15. The van der Waals surface area contributed by atoms with Gasteiger partial charge in [-0.3, -0.25) is 0 Å². The maximum absolute atomic E-state index is 10.3. The highest BCUT2D eigenvalue weighted by Crippen LogP contribution is 2.58. The summed E-state index contributed by atoms with van der Waals surface area (Å²) in [6, 6.07) is 0. The minimum absolute atomic E-state index is 0.191. The van der Waals surface area contributed by atoms with Crippen molar-refractivity contribution >= 4 is 8.32 Å². The molecule has 0 spiro atoms. The third-order valence-electron chi connectivity index (χ3n) is 9.06. The van der Waals surface area contributed by atoms with Gasteiger partial charge in [-0.2, -0.15) is 0 Å². The van der Waals surface area contributed by atoms with Crippen molar-refractivity contribution < 1.29 is 9.53 Å². The van der Waals surface area contributed by atoms with Crippen molar-refractivity contribution in [3.8, 4) is 0 Å². The van der Waals surface area contributed by atoms with E-state index in [4.69, 9.17) is 4.43 Å². The molecule has 0 aromatic heterocycles. The topological polar surface area (TPSA) is 29.5 Å². The summed E-state index contributed by atoms with van der Waals surface area (Å²) in [4.78, 5) is 0. The van der Waals surface area contributed by atoms with Gasteiger partial charge in [-0.1, -0.05) is 57.6 Å². The van der Waals surface area contributed by atoms with Crippen LogP contribution >= 0.6 is 0 Å². The zero-order valence-corrected chi connectivity index (χ0v) is 21.7.